The van der Waals surface area contributed by atoms with Crippen molar-refractivity contribution >= 4 is 28.7 Å². The Morgan fingerprint density at radius 2 is 1.75 bits per heavy atom. The molecule has 2 saturated heterocycles. The number of halogens is 1. The number of amides is 1. The van der Waals surface area contributed by atoms with Gasteiger partial charge in [-0.25, -0.2) is 4.79 Å². The fourth-order valence-corrected chi connectivity index (χ4v) is 3.90. The smallest absolute Gasteiger partial charge is 0.410 e. The zero-order valence-electron chi connectivity index (χ0n) is 10.2. The van der Waals surface area contributed by atoms with E-state index in [-0.39, 0.29) is 11.7 Å². The van der Waals surface area contributed by atoms with Gasteiger partial charge in [0.1, 0.15) is 5.60 Å². The molecule has 0 spiro atoms. The van der Waals surface area contributed by atoms with E-state index >= 15 is 0 Å². The topological polar surface area (TPSA) is 29.5 Å². The molecule has 0 aromatic heterocycles. The molecule has 4 heteroatoms. The fraction of sp³-hybridized carbons (Fsp3) is 0.917. The number of carbonyl (C=O) groups excluding carboxylic acids is 1. The standard InChI is InChI=1S/C12H20INO2/c1-12(2,3)16-11(15)14-9-4-5-10(14)7-8(13)6-9/h8-10H,4-7H2,1-3H3/t8-,9-,10+. The monoisotopic (exact) mass is 337 g/mol. The molecule has 16 heavy (non-hydrogen) atoms. The van der Waals surface area contributed by atoms with Gasteiger partial charge in [-0.3, -0.25) is 0 Å². The molecule has 1 amide bonds. The highest BCUT2D eigenvalue weighted by Gasteiger charge is 2.44. The van der Waals surface area contributed by atoms with Crippen LogP contribution in [-0.4, -0.2) is 32.6 Å². The van der Waals surface area contributed by atoms with Gasteiger partial charge in [-0.2, -0.15) is 0 Å². The zero-order chi connectivity index (χ0) is 11.9. The van der Waals surface area contributed by atoms with Gasteiger partial charge in [0, 0.05) is 16.0 Å². The summed E-state index contributed by atoms with van der Waals surface area (Å²) < 4.78 is 6.21. The Balaban J connectivity index is 2.03. The van der Waals surface area contributed by atoms with Gasteiger partial charge in [0.15, 0.2) is 0 Å². The normalized spacial score (nSPS) is 34.0. The number of hydrogen-bond acceptors (Lipinski definition) is 2. The molecule has 2 aliphatic heterocycles. The van der Waals surface area contributed by atoms with Crippen LogP contribution >= 0.6 is 22.6 Å². The number of alkyl halides is 1. The first kappa shape index (κ1) is 12.5. The number of fused-ring (bicyclic) bond motifs is 2. The molecule has 3 nitrogen and oxygen atoms in total. The maximum absolute atomic E-state index is 12.1. The van der Waals surface area contributed by atoms with Crippen LogP contribution in [0.1, 0.15) is 46.5 Å². The molecule has 92 valence electrons. The van der Waals surface area contributed by atoms with E-state index in [1.54, 1.807) is 0 Å². The third kappa shape index (κ3) is 2.63. The molecule has 2 bridgehead atoms. The third-order valence-electron chi connectivity index (χ3n) is 3.28. The van der Waals surface area contributed by atoms with Crippen molar-refractivity contribution in [1.29, 1.82) is 0 Å². The highest BCUT2D eigenvalue weighted by atomic mass is 127. The summed E-state index contributed by atoms with van der Waals surface area (Å²) in [7, 11) is 0. The second-order valence-corrected chi connectivity index (χ2v) is 7.60. The number of hydrogen-bond donors (Lipinski definition) is 0. The van der Waals surface area contributed by atoms with Crippen molar-refractivity contribution in [3.05, 3.63) is 0 Å². The molecule has 0 aromatic carbocycles. The first-order chi connectivity index (χ1) is 7.37. The average molecular weight is 337 g/mol. The van der Waals surface area contributed by atoms with Gasteiger partial charge in [0.25, 0.3) is 0 Å². The predicted molar refractivity (Wildman–Crippen MR) is 71.9 cm³/mol. The van der Waals surface area contributed by atoms with Gasteiger partial charge in [0.2, 0.25) is 0 Å². The number of ether oxygens (including phenoxy) is 1. The molecule has 0 unspecified atom stereocenters. The van der Waals surface area contributed by atoms with Crippen LogP contribution in [0.25, 0.3) is 0 Å². The quantitative estimate of drug-likeness (QED) is 0.501. The summed E-state index contributed by atoms with van der Waals surface area (Å²) in [5.41, 5.74) is -0.377. The van der Waals surface area contributed by atoms with Gasteiger partial charge in [0.05, 0.1) is 0 Å². The van der Waals surface area contributed by atoms with Crippen LogP contribution in [0.5, 0.6) is 0 Å². The molecule has 0 N–H and O–H groups in total. The molecular formula is C12H20INO2. The third-order valence-corrected chi connectivity index (χ3v) is 4.30. The first-order valence-electron chi connectivity index (χ1n) is 6.02. The predicted octanol–water partition coefficient (Wildman–Crippen LogP) is 3.35. The van der Waals surface area contributed by atoms with E-state index in [1.165, 1.54) is 0 Å². The van der Waals surface area contributed by atoms with Gasteiger partial charge in [-0.15, -0.1) is 0 Å². The van der Waals surface area contributed by atoms with E-state index in [1.807, 2.05) is 25.7 Å². The molecule has 2 fully saturated rings. The zero-order valence-corrected chi connectivity index (χ0v) is 12.4. The van der Waals surface area contributed by atoms with Crippen LogP contribution in [0.3, 0.4) is 0 Å². The van der Waals surface area contributed by atoms with Crippen molar-refractivity contribution < 1.29 is 9.53 Å². The molecule has 2 heterocycles. The lowest BCUT2D eigenvalue weighted by molar-refractivity contribution is 0.00881. The molecule has 2 rings (SSSR count). The Labute approximate surface area is 111 Å². The van der Waals surface area contributed by atoms with Crippen LogP contribution in [-0.2, 0) is 4.74 Å². The van der Waals surface area contributed by atoms with E-state index in [2.05, 4.69) is 22.6 Å². The minimum Gasteiger partial charge on any atom is -0.444 e. The second kappa shape index (κ2) is 4.35. The molecule has 3 atom stereocenters. The van der Waals surface area contributed by atoms with Crippen LogP contribution < -0.4 is 0 Å². The lowest BCUT2D eigenvalue weighted by Crippen LogP contribution is -2.48. The summed E-state index contributed by atoms with van der Waals surface area (Å²) in [6.07, 6.45) is 4.47. The second-order valence-electron chi connectivity index (χ2n) is 5.84. The van der Waals surface area contributed by atoms with Gasteiger partial charge in [-0.05, 0) is 46.5 Å². The van der Waals surface area contributed by atoms with Crippen LogP contribution in [0.15, 0.2) is 0 Å². The minimum absolute atomic E-state index is 0.108. The van der Waals surface area contributed by atoms with Crippen molar-refractivity contribution in [2.45, 2.75) is 68.1 Å². The van der Waals surface area contributed by atoms with Crippen LogP contribution in [0, 0.1) is 0 Å². The molecule has 0 radical (unpaired) electrons. The number of piperidine rings is 1. The molecule has 0 aromatic rings. The summed E-state index contributed by atoms with van der Waals surface area (Å²) in [5, 5.41) is 0. The first-order valence-corrected chi connectivity index (χ1v) is 7.27. The van der Waals surface area contributed by atoms with Crippen molar-refractivity contribution in [3.8, 4) is 0 Å². The summed E-state index contributed by atoms with van der Waals surface area (Å²) in [6, 6.07) is 0.853. The summed E-state index contributed by atoms with van der Waals surface area (Å²) in [4.78, 5) is 14.1. The molecule has 2 aliphatic rings. The Morgan fingerprint density at radius 3 is 2.19 bits per heavy atom. The average Bonchev–Trinajstić information content (AvgIpc) is 2.36. The van der Waals surface area contributed by atoms with E-state index in [0.29, 0.717) is 12.1 Å². The Hall–Kier alpha value is 0. The highest BCUT2D eigenvalue weighted by molar-refractivity contribution is 14.1. The van der Waals surface area contributed by atoms with Gasteiger partial charge >= 0.3 is 6.09 Å². The van der Waals surface area contributed by atoms with Gasteiger partial charge in [-0.1, -0.05) is 22.6 Å². The molecule has 0 saturated carbocycles. The number of carbonyl (C=O) groups is 1. The van der Waals surface area contributed by atoms with Crippen molar-refractivity contribution in [3.63, 3.8) is 0 Å². The highest BCUT2D eigenvalue weighted by Crippen LogP contribution is 2.39. The van der Waals surface area contributed by atoms with Crippen LogP contribution in [0.4, 0.5) is 4.79 Å². The van der Waals surface area contributed by atoms with E-state index in [4.69, 9.17) is 4.74 Å². The van der Waals surface area contributed by atoms with E-state index < -0.39 is 0 Å². The lowest BCUT2D eigenvalue weighted by atomic mass is 10.0. The van der Waals surface area contributed by atoms with E-state index in [0.717, 1.165) is 29.6 Å². The lowest BCUT2D eigenvalue weighted by Gasteiger charge is -2.37. The van der Waals surface area contributed by atoms with Crippen molar-refractivity contribution in [2.75, 3.05) is 0 Å². The summed E-state index contributed by atoms with van der Waals surface area (Å²) >= 11 is 2.51. The van der Waals surface area contributed by atoms with E-state index in [9.17, 15) is 4.79 Å². The Bertz CT molecular complexity index is 273. The SMILES string of the molecule is CC(C)(C)OC(=O)N1[C@@H]2CC[C@H]1C[C@H](I)C2. The summed E-state index contributed by atoms with van der Waals surface area (Å²) in [5.74, 6) is 0. The maximum atomic E-state index is 12.1. The largest absolute Gasteiger partial charge is 0.444 e. The number of nitrogens with zero attached hydrogens (tertiary/aromatic N) is 1. The number of rotatable bonds is 0. The van der Waals surface area contributed by atoms with Crippen molar-refractivity contribution in [2.24, 2.45) is 0 Å². The maximum Gasteiger partial charge on any atom is 0.410 e. The van der Waals surface area contributed by atoms with Crippen molar-refractivity contribution in [1.82, 2.24) is 4.90 Å². The van der Waals surface area contributed by atoms with Crippen LogP contribution in [0.2, 0.25) is 0 Å². The molecule has 0 aliphatic carbocycles. The fourth-order valence-electron chi connectivity index (χ4n) is 2.72. The minimum atomic E-state index is -0.377. The molecular weight excluding hydrogens is 317 g/mol. The Morgan fingerprint density at radius 1 is 1.25 bits per heavy atom. The van der Waals surface area contributed by atoms with Gasteiger partial charge < -0.3 is 9.64 Å². The Kier molecular flexibility index (Phi) is 3.39. The summed E-state index contributed by atoms with van der Waals surface area (Å²) in [6.45, 7) is 5.79.